The normalized spacial score (nSPS) is 12.7. The van der Waals surface area contributed by atoms with Gasteiger partial charge in [-0.3, -0.25) is 9.78 Å². The van der Waals surface area contributed by atoms with Crippen molar-refractivity contribution in [3.8, 4) is 17.1 Å². The number of para-hydroxylation sites is 1. The SMILES string of the molecule is CNC(=O)c1ccnc2c(C(C)C(CNc3cc(-c4ccc(OC)nc4)ncn3)SC)cccc12. The van der Waals surface area contributed by atoms with Crippen LogP contribution >= 0.6 is 11.8 Å². The molecule has 35 heavy (non-hydrogen) atoms. The molecule has 4 rings (SSSR count). The minimum absolute atomic E-state index is 0.114. The van der Waals surface area contributed by atoms with Crippen LogP contribution < -0.4 is 15.4 Å². The zero-order valence-electron chi connectivity index (χ0n) is 20.1. The first-order valence-electron chi connectivity index (χ1n) is 11.2. The van der Waals surface area contributed by atoms with Gasteiger partial charge in [-0.2, -0.15) is 11.8 Å². The van der Waals surface area contributed by atoms with E-state index >= 15 is 0 Å². The van der Waals surface area contributed by atoms with Crippen molar-refractivity contribution >= 4 is 34.4 Å². The van der Waals surface area contributed by atoms with Gasteiger partial charge in [-0.15, -0.1) is 0 Å². The molecule has 2 atom stereocenters. The van der Waals surface area contributed by atoms with Crippen LogP contribution in [0.3, 0.4) is 0 Å². The van der Waals surface area contributed by atoms with E-state index in [0.29, 0.717) is 18.0 Å². The Bertz CT molecular complexity index is 1310. The predicted molar refractivity (Wildman–Crippen MR) is 141 cm³/mol. The molecule has 2 N–H and O–H groups in total. The highest BCUT2D eigenvalue weighted by atomic mass is 32.2. The zero-order valence-corrected chi connectivity index (χ0v) is 21.0. The molecular weight excluding hydrogens is 460 g/mol. The number of methoxy groups -OCH3 is 1. The van der Waals surface area contributed by atoms with E-state index < -0.39 is 0 Å². The van der Waals surface area contributed by atoms with E-state index in [0.717, 1.165) is 33.5 Å². The summed E-state index contributed by atoms with van der Waals surface area (Å²) in [5, 5.41) is 7.28. The van der Waals surface area contributed by atoms with Crippen molar-refractivity contribution in [3.05, 3.63) is 72.3 Å². The molecule has 1 aromatic carbocycles. The number of anilines is 1. The van der Waals surface area contributed by atoms with Crippen molar-refractivity contribution in [1.29, 1.82) is 0 Å². The number of carbonyl (C=O) groups excluding carboxylic acids is 1. The molecule has 2 unspecified atom stereocenters. The lowest BCUT2D eigenvalue weighted by molar-refractivity contribution is 0.0964. The molecule has 0 aliphatic carbocycles. The van der Waals surface area contributed by atoms with E-state index in [1.165, 1.54) is 0 Å². The number of benzene rings is 1. The molecule has 0 aliphatic heterocycles. The van der Waals surface area contributed by atoms with Gasteiger partial charge in [0.1, 0.15) is 12.1 Å². The maximum atomic E-state index is 12.3. The molecule has 4 aromatic rings. The Morgan fingerprint density at radius 1 is 1.11 bits per heavy atom. The summed E-state index contributed by atoms with van der Waals surface area (Å²) < 4.78 is 5.13. The number of hydrogen-bond acceptors (Lipinski definition) is 8. The summed E-state index contributed by atoms with van der Waals surface area (Å²) in [6.45, 7) is 2.89. The predicted octanol–water partition coefficient (Wildman–Crippen LogP) is 4.40. The van der Waals surface area contributed by atoms with Crippen LogP contribution in [0.25, 0.3) is 22.2 Å². The number of ether oxygens (including phenoxy) is 1. The van der Waals surface area contributed by atoms with Crippen LogP contribution in [-0.2, 0) is 0 Å². The van der Waals surface area contributed by atoms with Crippen molar-refractivity contribution in [1.82, 2.24) is 25.3 Å². The highest BCUT2D eigenvalue weighted by Crippen LogP contribution is 2.32. The first-order chi connectivity index (χ1) is 17.0. The number of nitrogens with zero attached hydrogens (tertiary/aromatic N) is 4. The van der Waals surface area contributed by atoms with Gasteiger partial charge in [-0.25, -0.2) is 15.0 Å². The van der Waals surface area contributed by atoms with Gasteiger partial charge in [-0.05, 0) is 29.9 Å². The summed E-state index contributed by atoms with van der Waals surface area (Å²) in [6.07, 6.45) is 7.09. The van der Waals surface area contributed by atoms with Crippen LogP contribution in [0.15, 0.2) is 61.2 Å². The third kappa shape index (κ3) is 5.35. The van der Waals surface area contributed by atoms with Gasteiger partial charge < -0.3 is 15.4 Å². The number of thioether (sulfide) groups is 1. The molecule has 0 bridgehead atoms. The number of aromatic nitrogens is 4. The van der Waals surface area contributed by atoms with E-state index in [-0.39, 0.29) is 17.1 Å². The van der Waals surface area contributed by atoms with E-state index in [2.05, 4.69) is 49.8 Å². The van der Waals surface area contributed by atoms with Crippen LogP contribution in [0.5, 0.6) is 5.88 Å². The largest absolute Gasteiger partial charge is 0.481 e. The zero-order chi connectivity index (χ0) is 24.8. The molecule has 0 saturated carbocycles. The molecular formula is C26H28N6O2S. The first-order valence-corrected chi connectivity index (χ1v) is 12.5. The van der Waals surface area contributed by atoms with Gasteiger partial charge in [0.05, 0.1) is 23.9 Å². The smallest absolute Gasteiger partial charge is 0.251 e. The lowest BCUT2D eigenvalue weighted by Gasteiger charge is -2.24. The molecule has 3 aromatic heterocycles. The molecule has 1 amide bonds. The van der Waals surface area contributed by atoms with Crippen LogP contribution in [0.2, 0.25) is 0 Å². The summed E-state index contributed by atoms with van der Waals surface area (Å²) >= 11 is 1.78. The molecule has 0 saturated heterocycles. The highest BCUT2D eigenvalue weighted by Gasteiger charge is 2.22. The third-order valence-corrected chi connectivity index (χ3v) is 7.20. The molecule has 9 heteroatoms. The molecule has 0 fully saturated rings. The molecule has 0 aliphatic rings. The second-order valence-electron chi connectivity index (χ2n) is 8.00. The number of hydrogen-bond donors (Lipinski definition) is 2. The van der Waals surface area contributed by atoms with Crippen LogP contribution in [0.4, 0.5) is 5.82 Å². The monoisotopic (exact) mass is 488 g/mol. The maximum Gasteiger partial charge on any atom is 0.251 e. The Kier molecular flexibility index (Phi) is 7.77. The van der Waals surface area contributed by atoms with E-state index in [1.807, 2.05) is 30.3 Å². The van der Waals surface area contributed by atoms with Gasteiger partial charge in [0.2, 0.25) is 5.88 Å². The lowest BCUT2D eigenvalue weighted by Crippen LogP contribution is -2.23. The average Bonchev–Trinajstić information content (AvgIpc) is 2.92. The van der Waals surface area contributed by atoms with Gasteiger partial charge in [-0.1, -0.05) is 25.1 Å². The van der Waals surface area contributed by atoms with E-state index in [9.17, 15) is 4.79 Å². The minimum Gasteiger partial charge on any atom is -0.481 e. The van der Waals surface area contributed by atoms with Crippen molar-refractivity contribution in [2.45, 2.75) is 18.1 Å². The second-order valence-corrected chi connectivity index (χ2v) is 9.08. The Morgan fingerprint density at radius 3 is 2.69 bits per heavy atom. The van der Waals surface area contributed by atoms with Gasteiger partial charge >= 0.3 is 0 Å². The Balaban J connectivity index is 1.53. The molecule has 0 spiro atoms. The van der Waals surface area contributed by atoms with Crippen molar-refractivity contribution < 1.29 is 9.53 Å². The first kappa shape index (κ1) is 24.4. The maximum absolute atomic E-state index is 12.3. The minimum atomic E-state index is -0.114. The van der Waals surface area contributed by atoms with Crippen molar-refractivity contribution in [3.63, 3.8) is 0 Å². The number of rotatable bonds is 9. The summed E-state index contributed by atoms with van der Waals surface area (Å²) in [4.78, 5) is 30.0. The third-order valence-electron chi connectivity index (χ3n) is 6.02. The number of nitrogens with one attached hydrogen (secondary N) is 2. The van der Waals surface area contributed by atoms with Crippen molar-refractivity contribution in [2.75, 3.05) is 32.3 Å². The second kappa shape index (κ2) is 11.1. The van der Waals surface area contributed by atoms with E-state index in [1.54, 1.807) is 50.7 Å². The summed E-state index contributed by atoms with van der Waals surface area (Å²) in [7, 11) is 3.23. The molecule has 180 valence electrons. The Hall–Kier alpha value is -3.72. The summed E-state index contributed by atoms with van der Waals surface area (Å²) in [6, 6.07) is 13.4. The molecule has 8 nitrogen and oxygen atoms in total. The number of carbonyl (C=O) groups is 1. The fourth-order valence-corrected chi connectivity index (χ4v) is 4.84. The van der Waals surface area contributed by atoms with Crippen molar-refractivity contribution in [2.24, 2.45) is 0 Å². The van der Waals surface area contributed by atoms with E-state index in [4.69, 9.17) is 4.74 Å². The standard InChI is InChI=1S/C26H28N6O2S/c1-16(18-6-5-7-19-20(26(33)27-2)10-11-28-25(18)19)22(35-4)14-29-23-12-21(31-15-32-23)17-8-9-24(34-3)30-13-17/h5-13,15-16,22H,14H2,1-4H3,(H,27,33)(H,29,31,32). The van der Waals surface area contributed by atoms with Gasteiger partial charge in [0.15, 0.2) is 0 Å². The number of amides is 1. The fraction of sp³-hybridized carbons (Fsp3) is 0.269. The topological polar surface area (TPSA) is 102 Å². The van der Waals surface area contributed by atoms with Crippen LogP contribution in [0, 0.1) is 0 Å². The summed E-state index contributed by atoms with van der Waals surface area (Å²) in [5.41, 5.74) is 4.27. The lowest BCUT2D eigenvalue weighted by atomic mass is 9.93. The fourth-order valence-electron chi connectivity index (χ4n) is 4.03. The molecule has 0 radical (unpaired) electrons. The number of fused-ring (bicyclic) bond motifs is 1. The highest BCUT2D eigenvalue weighted by molar-refractivity contribution is 7.99. The average molecular weight is 489 g/mol. The van der Waals surface area contributed by atoms with Gasteiger partial charge in [0.25, 0.3) is 5.91 Å². The Labute approximate surface area is 209 Å². The summed E-state index contributed by atoms with van der Waals surface area (Å²) in [5.74, 6) is 1.37. The molecule has 3 heterocycles. The Morgan fingerprint density at radius 2 is 1.97 bits per heavy atom. The quantitative estimate of drug-likeness (QED) is 0.357. The van der Waals surface area contributed by atoms with Crippen LogP contribution in [-0.4, -0.2) is 58.1 Å². The van der Waals surface area contributed by atoms with Gasteiger partial charge in [0, 0.05) is 54.3 Å². The van der Waals surface area contributed by atoms with Crippen LogP contribution in [0.1, 0.15) is 28.8 Å². The number of pyridine rings is 2.